The molecule has 1 atom stereocenters. The predicted molar refractivity (Wildman–Crippen MR) is 116 cm³/mol. The summed E-state index contributed by atoms with van der Waals surface area (Å²) in [4.78, 5) is 15.1. The molecule has 0 radical (unpaired) electrons. The van der Waals surface area contributed by atoms with Gasteiger partial charge in [0.2, 0.25) is 0 Å². The maximum atomic E-state index is 13.4. The molecule has 156 valence electrons. The number of carbonyl (C=O) groups excluding carboxylic acids is 1. The summed E-state index contributed by atoms with van der Waals surface area (Å²) in [6.45, 7) is 2.45. The number of hydrogen-bond donors (Lipinski definition) is 0. The van der Waals surface area contributed by atoms with Crippen molar-refractivity contribution in [2.24, 2.45) is 0 Å². The lowest BCUT2D eigenvalue weighted by molar-refractivity contribution is -0.121. The molecule has 0 N–H and O–H groups in total. The van der Waals surface area contributed by atoms with Crippen molar-refractivity contribution < 1.29 is 19.0 Å². The number of rotatable bonds is 6. The Morgan fingerprint density at radius 3 is 2.61 bits per heavy atom. The summed E-state index contributed by atoms with van der Waals surface area (Å²) in [7, 11) is 0. The molecular formula is C25H22N2O4. The predicted octanol–water partition coefficient (Wildman–Crippen LogP) is 4.50. The molecule has 4 rings (SSSR count). The highest BCUT2D eigenvalue weighted by Crippen LogP contribution is 2.39. The molecule has 6 nitrogen and oxygen atoms in total. The van der Waals surface area contributed by atoms with Crippen molar-refractivity contribution in [2.75, 3.05) is 24.7 Å². The Balaban J connectivity index is 1.60. The van der Waals surface area contributed by atoms with Crippen LogP contribution in [0.2, 0.25) is 0 Å². The van der Waals surface area contributed by atoms with E-state index in [1.54, 1.807) is 23.1 Å². The van der Waals surface area contributed by atoms with E-state index in [9.17, 15) is 4.79 Å². The van der Waals surface area contributed by atoms with E-state index in [1.807, 2.05) is 61.5 Å². The van der Waals surface area contributed by atoms with Crippen molar-refractivity contribution in [3.05, 3.63) is 83.9 Å². The van der Waals surface area contributed by atoms with Crippen LogP contribution in [0.1, 0.15) is 24.1 Å². The molecule has 31 heavy (non-hydrogen) atoms. The highest BCUT2D eigenvalue weighted by Gasteiger charge is 2.33. The number of amides is 1. The van der Waals surface area contributed by atoms with Crippen LogP contribution in [0, 0.1) is 11.3 Å². The molecule has 0 saturated heterocycles. The van der Waals surface area contributed by atoms with Gasteiger partial charge in [-0.1, -0.05) is 42.5 Å². The highest BCUT2D eigenvalue weighted by atomic mass is 16.5. The lowest BCUT2D eigenvalue weighted by Crippen LogP contribution is -2.43. The van der Waals surface area contributed by atoms with Crippen LogP contribution in [0.25, 0.3) is 0 Å². The molecule has 1 amide bonds. The summed E-state index contributed by atoms with van der Waals surface area (Å²) in [6, 6.07) is 24.0. The number of anilines is 1. The van der Waals surface area contributed by atoms with Gasteiger partial charge in [0.05, 0.1) is 30.0 Å². The third kappa shape index (κ3) is 4.31. The Morgan fingerprint density at radius 1 is 1.06 bits per heavy atom. The van der Waals surface area contributed by atoms with Gasteiger partial charge in [-0.05, 0) is 36.8 Å². The Hall–Kier alpha value is -3.98. The van der Waals surface area contributed by atoms with Gasteiger partial charge in [-0.15, -0.1) is 0 Å². The molecule has 1 heterocycles. The van der Waals surface area contributed by atoms with E-state index in [0.29, 0.717) is 41.7 Å². The Morgan fingerprint density at radius 2 is 1.84 bits per heavy atom. The van der Waals surface area contributed by atoms with E-state index in [-0.39, 0.29) is 18.6 Å². The van der Waals surface area contributed by atoms with Crippen molar-refractivity contribution in [1.29, 1.82) is 5.26 Å². The molecule has 0 aliphatic carbocycles. The molecule has 3 aromatic rings. The van der Waals surface area contributed by atoms with E-state index >= 15 is 0 Å². The van der Waals surface area contributed by atoms with Gasteiger partial charge in [0.25, 0.3) is 5.91 Å². The van der Waals surface area contributed by atoms with Crippen LogP contribution in [0.4, 0.5) is 5.69 Å². The van der Waals surface area contributed by atoms with Crippen molar-refractivity contribution in [2.45, 2.75) is 13.0 Å². The molecule has 0 saturated carbocycles. The minimum atomic E-state index is -0.264. The third-order valence-electron chi connectivity index (χ3n) is 5.01. The zero-order chi connectivity index (χ0) is 21.6. The number of nitriles is 1. The monoisotopic (exact) mass is 414 g/mol. The fourth-order valence-electron chi connectivity index (χ4n) is 3.59. The van der Waals surface area contributed by atoms with Crippen LogP contribution in [0.15, 0.2) is 72.8 Å². The van der Waals surface area contributed by atoms with Gasteiger partial charge in [-0.2, -0.15) is 5.26 Å². The zero-order valence-corrected chi connectivity index (χ0v) is 17.2. The van der Waals surface area contributed by atoms with Crippen molar-refractivity contribution >= 4 is 11.6 Å². The lowest BCUT2D eigenvalue weighted by atomic mass is 10.0. The summed E-state index contributed by atoms with van der Waals surface area (Å²) in [5, 5.41) is 9.12. The van der Waals surface area contributed by atoms with Crippen LogP contribution >= 0.6 is 0 Å². The van der Waals surface area contributed by atoms with Gasteiger partial charge < -0.3 is 14.2 Å². The molecule has 1 aliphatic heterocycles. The van der Waals surface area contributed by atoms with E-state index in [4.69, 9.17) is 19.5 Å². The molecule has 1 unspecified atom stereocenters. The van der Waals surface area contributed by atoms with E-state index in [0.717, 1.165) is 5.56 Å². The smallest absolute Gasteiger partial charge is 0.265 e. The van der Waals surface area contributed by atoms with Crippen LogP contribution in [-0.4, -0.2) is 25.7 Å². The largest absolute Gasteiger partial charge is 0.490 e. The summed E-state index contributed by atoms with van der Waals surface area (Å²) in [6.07, 6.45) is 0. The first kappa shape index (κ1) is 20.3. The molecule has 6 heteroatoms. The molecule has 0 fully saturated rings. The van der Waals surface area contributed by atoms with Gasteiger partial charge in [-0.25, -0.2) is 0 Å². The number of para-hydroxylation sites is 2. The second-order valence-corrected chi connectivity index (χ2v) is 6.96. The number of benzene rings is 3. The van der Waals surface area contributed by atoms with Crippen LogP contribution in [0.3, 0.4) is 0 Å². The Kier molecular flexibility index (Phi) is 6.04. The SMILES string of the molecule is CCOc1cc(C#N)ccc1OCC(=O)N1c2ccccc2OCC1c1ccccc1. The van der Waals surface area contributed by atoms with Crippen molar-refractivity contribution in [3.63, 3.8) is 0 Å². The fraction of sp³-hybridized carbons (Fsp3) is 0.200. The van der Waals surface area contributed by atoms with Gasteiger partial charge >= 0.3 is 0 Å². The van der Waals surface area contributed by atoms with Crippen LogP contribution in [-0.2, 0) is 4.79 Å². The average Bonchev–Trinajstić information content (AvgIpc) is 2.83. The number of hydrogen-bond acceptors (Lipinski definition) is 5. The minimum absolute atomic E-state index is 0.177. The van der Waals surface area contributed by atoms with Crippen molar-refractivity contribution in [3.8, 4) is 23.3 Å². The highest BCUT2D eigenvalue weighted by molar-refractivity contribution is 5.97. The minimum Gasteiger partial charge on any atom is -0.490 e. The summed E-state index contributed by atoms with van der Waals surface area (Å²) in [5.41, 5.74) is 2.16. The van der Waals surface area contributed by atoms with Crippen molar-refractivity contribution in [1.82, 2.24) is 0 Å². The number of ether oxygens (including phenoxy) is 3. The number of fused-ring (bicyclic) bond motifs is 1. The van der Waals surface area contributed by atoms with E-state index in [1.165, 1.54) is 0 Å². The summed E-state index contributed by atoms with van der Waals surface area (Å²) < 4.78 is 17.3. The fourth-order valence-corrected chi connectivity index (χ4v) is 3.59. The number of carbonyl (C=O) groups is 1. The van der Waals surface area contributed by atoms with E-state index < -0.39 is 0 Å². The van der Waals surface area contributed by atoms with Crippen LogP contribution in [0.5, 0.6) is 17.2 Å². The third-order valence-corrected chi connectivity index (χ3v) is 5.01. The first-order valence-corrected chi connectivity index (χ1v) is 10.1. The van der Waals surface area contributed by atoms with Gasteiger partial charge in [0.15, 0.2) is 18.1 Å². The van der Waals surface area contributed by atoms with E-state index in [2.05, 4.69) is 6.07 Å². The standard InChI is InChI=1S/C25H22N2O4/c1-2-29-24-14-18(15-26)12-13-23(24)31-17-25(28)27-20-10-6-7-11-22(20)30-16-21(27)19-8-4-3-5-9-19/h3-14,21H,2,16-17H2,1H3. The van der Waals surface area contributed by atoms with Crippen LogP contribution < -0.4 is 19.1 Å². The van der Waals surface area contributed by atoms with Gasteiger partial charge in [-0.3, -0.25) is 9.69 Å². The average molecular weight is 414 g/mol. The molecule has 0 bridgehead atoms. The molecular weight excluding hydrogens is 392 g/mol. The lowest BCUT2D eigenvalue weighted by Gasteiger charge is -2.37. The van der Waals surface area contributed by atoms with Gasteiger partial charge in [0, 0.05) is 6.07 Å². The topological polar surface area (TPSA) is 71.8 Å². The maximum Gasteiger partial charge on any atom is 0.265 e. The Labute approximate surface area is 181 Å². The molecule has 0 aromatic heterocycles. The first-order valence-electron chi connectivity index (χ1n) is 10.1. The number of nitrogens with zero attached hydrogens (tertiary/aromatic N) is 2. The second kappa shape index (κ2) is 9.23. The molecule has 0 spiro atoms. The normalized spacial score (nSPS) is 14.7. The molecule has 1 aliphatic rings. The Bertz CT molecular complexity index is 1110. The second-order valence-electron chi connectivity index (χ2n) is 6.96. The summed E-state index contributed by atoms with van der Waals surface area (Å²) in [5.74, 6) is 1.33. The first-order chi connectivity index (χ1) is 15.2. The maximum absolute atomic E-state index is 13.4. The molecule has 3 aromatic carbocycles. The summed E-state index contributed by atoms with van der Waals surface area (Å²) >= 11 is 0. The quantitative estimate of drug-likeness (QED) is 0.594. The van der Waals surface area contributed by atoms with Gasteiger partial charge in [0.1, 0.15) is 12.4 Å². The zero-order valence-electron chi connectivity index (χ0n) is 17.2.